The molecule has 0 spiro atoms. The molecule has 2 aromatic heterocycles. The second kappa shape index (κ2) is 11.2. The second-order valence-electron chi connectivity index (χ2n) is 9.51. The number of aromatic nitrogens is 3. The zero-order chi connectivity index (χ0) is 25.5. The van der Waals surface area contributed by atoms with E-state index in [0.29, 0.717) is 31.2 Å². The minimum absolute atomic E-state index is 0.00899. The number of hydrogen-bond donors (Lipinski definition) is 2. The molecule has 0 saturated carbocycles. The normalized spacial score (nSPS) is 15.9. The van der Waals surface area contributed by atoms with Crippen molar-refractivity contribution in [3.63, 3.8) is 0 Å². The molecule has 1 saturated heterocycles. The molecule has 1 aliphatic rings. The summed E-state index contributed by atoms with van der Waals surface area (Å²) in [4.78, 5) is 27.2. The Morgan fingerprint density at radius 1 is 1.19 bits per heavy atom. The van der Waals surface area contributed by atoms with Crippen LogP contribution >= 0.6 is 0 Å². The van der Waals surface area contributed by atoms with Crippen LogP contribution in [0.25, 0.3) is 0 Å². The van der Waals surface area contributed by atoms with Gasteiger partial charge in [0, 0.05) is 12.7 Å². The van der Waals surface area contributed by atoms with Crippen LogP contribution in [0.5, 0.6) is 11.5 Å². The maximum atomic E-state index is 11.5. The van der Waals surface area contributed by atoms with Gasteiger partial charge in [-0.15, -0.1) is 0 Å². The van der Waals surface area contributed by atoms with Gasteiger partial charge >= 0.3 is 5.97 Å². The number of carbonyl (C=O) groups is 1. The average molecular weight is 492 g/mol. The van der Waals surface area contributed by atoms with Gasteiger partial charge < -0.3 is 24.8 Å². The first-order chi connectivity index (χ1) is 17.3. The van der Waals surface area contributed by atoms with Gasteiger partial charge in [-0.1, -0.05) is 12.1 Å². The molecule has 3 heterocycles. The number of aliphatic carboxylic acids is 1. The van der Waals surface area contributed by atoms with Gasteiger partial charge in [0.05, 0.1) is 31.0 Å². The lowest BCUT2D eigenvalue weighted by molar-refractivity contribution is -0.146. The van der Waals surface area contributed by atoms with Gasteiger partial charge in [0.15, 0.2) is 17.3 Å². The van der Waals surface area contributed by atoms with Crippen LogP contribution in [0, 0.1) is 5.41 Å². The predicted molar refractivity (Wildman–Crippen MR) is 138 cm³/mol. The number of nitrogens with zero attached hydrogens (tertiary/aromatic N) is 4. The van der Waals surface area contributed by atoms with E-state index >= 15 is 0 Å². The van der Waals surface area contributed by atoms with Crippen LogP contribution in [0.15, 0.2) is 55.0 Å². The lowest BCUT2D eigenvalue weighted by Gasteiger charge is -2.33. The van der Waals surface area contributed by atoms with E-state index in [1.54, 1.807) is 32.4 Å². The zero-order valence-electron chi connectivity index (χ0n) is 21.0. The van der Waals surface area contributed by atoms with E-state index in [0.717, 1.165) is 42.3 Å². The van der Waals surface area contributed by atoms with E-state index in [-0.39, 0.29) is 6.10 Å². The number of benzene rings is 1. The first kappa shape index (κ1) is 25.2. The molecule has 0 unspecified atom stereocenters. The molecular weight excluding hydrogens is 458 g/mol. The van der Waals surface area contributed by atoms with E-state index in [9.17, 15) is 9.90 Å². The number of para-hydroxylation sites is 2. The minimum Gasteiger partial charge on any atom is -0.490 e. The van der Waals surface area contributed by atoms with Gasteiger partial charge in [-0.2, -0.15) is 0 Å². The monoisotopic (exact) mass is 491 g/mol. The molecule has 2 N–H and O–H groups in total. The van der Waals surface area contributed by atoms with Crippen molar-refractivity contribution < 1.29 is 19.4 Å². The summed E-state index contributed by atoms with van der Waals surface area (Å²) in [6.45, 7) is 7.52. The summed E-state index contributed by atoms with van der Waals surface area (Å²) in [6, 6.07) is 11.4. The van der Waals surface area contributed by atoms with Crippen LogP contribution in [0.4, 0.5) is 17.5 Å². The lowest BCUT2D eigenvalue weighted by Crippen LogP contribution is -2.41. The molecule has 36 heavy (non-hydrogen) atoms. The molecule has 0 bridgehead atoms. The third-order valence-electron chi connectivity index (χ3n) is 6.07. The molecular formula is C27H33N5O4. The average Bonchev–Trinajstić information content (AvgIpc) is 2.86. The summed E-state index contributed by atoms with van der Waals surface area (Å²) in [5.41, 5.74) is 0.0152. The van der Waals surface area contributed by atoms with Crippen LogP contribution in [0.1, 0.15) is 39.2 Å². The Balaban J connectivity index is 1.43. The highest BCUT2D eigenvalue weighted by atomic mass is 16.5. The lowest BCUT2D eigenvalue weighted by atomic mass is 9.86. The molecule has 190 valence electrons. The van der Waals surface area contributed by atoms with Crippen molar-refractivity contribution in [2.24, 2.45) is 5.41 Å². The number of nitrogens with one attached hydrogen (secondary N) is 1. The Morgan fingerprint density at radius 3 is 2.78 bits per heavy atom. The maximum Gasteiger partial charge on any atom is 0.309 e. The number of anilines is 3. The Hall–Kier alpha value is -3.88. The van der Waals surface area contributed by atoms with E-state index < -0.39 is 11.4 Å². The van der Waals surface area contributed by atoms with Gasteiger partial charge in [0.2, 0.25) is 0 Å². The molecule has 1 aliphatic heterocycles. The molecule has 4 rings (SSSR count). The third-order valence-corrected chi connectivity index (χ3v) is 6.07. The third kappa shape index (κ3) is 6.41. The summed E-state index contributed by atoms with van der Waals surface area (Å²) in [7, 11) is 0. The van der Waals surface area contributed by atoms with Crippen LogP contribution in [-0.2, 0) is 11.2 Å². The Kier molecular flexibility index (Phi) is 7.87. The quantitative estimate of drug-likeness (QED) is 0.416. The fourth-order valence-electron chi connectivity index (χ4n) is 4.18. The Bertz CT molecular complexity index is 1190. The number of ether oxygens (including phenoxy) is 2. The summed E-state index contributed by atoms with van der Waals surface area (Å²) < 4.78 is 12.0. The highest BCUT2D eigenvalue weighted by Gasteiger charge is 2.27. The number of piperidine rings is 1. The summed E-state index contributed by atoms with van der Waals surface area (Å²) in [5, 5.41) is 12.6. The van der Waals surface area contributed by atoms with Crippen molar-refractivity contribution >= 4 is 23.4 Å². The van der Waals surface area contributed by atoms with E-state index in [1.807, 2.05) is 43.3 Å². The molecule has 9 heteroatoms. The summed E-state index contributed by atoms with van der Waals surface area (Å²) in [5.74, 6) is 2.59. The van der Waals surface area contributed by atoms with Crippen molar-refractivity contribution in [1.29, 1.82) is 0 Å². The fraction of sp³-hybridized carbons (Fsp3) is 0.407. The molecule has 0 aliphatic carbocycles. The Labute approximate surface area is 211 Å². The standard InChI is InChI=1S/C27H33N5O4/c1-4-35-21-9-5-6-10-22(21)36-20-8-7-13-32(18-20)25-17-28-16-24(31-25)30-23-14-19(11-12-29-23)15-27(2,3)26(33)34/h5-6,9-12,14,16-17,20H,4,7-8,13,15,18H2,1-3H3,(H,33,34)(H,29,30,31)/t20-/m1/s1. The zero-order valence-corrected chi connectivity index (χ0v) is 21.0. The Morgan fingerprint density at radius 2 is 2.00 bits per heavy atom. The first-order valence-electron chi connectivity index (χ1n) is 12.2. The minimum atomic E-state index is -0.867. The molecule has 0 amide bonds. The predicted octanol–water partition coefficient (Wildman–Crippen LogP) is 4.72. The molecule has 1 fully saturated rings. The van der Waals surface area contributed by atoms with E-state index in [2.05, 4.69) is 20.2 Å². The summed E-state index contributed by atoms with van der Waals surface area (Å²) >= 11 is 0. The summed E-state index contributed by atoms with van der Waals surface area (Å²) in [6.07, 6.45) is 7.40. The van der Waals surface area contributed by atoms with Crippen molar-refractivity contribution in [1.82, 2.24) is 15.0 Å². The molecule has 0 radical (unpaired) electrons. The topological polar surface area (TPSA) is 110 Å². The second-order valence-corrected chi connectivity index (χ2v) is 9.51. The molecule has 9 nitrogen and oxygen atoms in total. The number of pyridine rings is 1. The number of rotatable bonds is 10. The smallest absolute Gasteiger partial charge is 0.309 e. The highest BCUT2D eigenvalue weighted by Crippen LogP contribution is 2.30. The van der Waals surface area contributed by atoms with Gasteiger partial charge in [-0.05, 0) is 69.9 Å². The van der Waals surface area contributed by atoms with E-state index in [4.69, 9.17) is 14.5 Å². The van der Waals surface area contributed by atoms with Gasteiger partial charge in [0.25, 0.3) is 0 Å². The number of carboxylic acid groups (broad SMARTS) is 1. The van der Waals surface area contributed by atoms with Crippen LogP contribution in [0.2, 0.25) is 0 Å². The van der Waals surface area contributed by atoms with Crippen LogP contribution < -0.4 is 19.7 Å². The van der Waals surface area contributed by atoms with Crippen LogP contribution in [0.3, 0.4) is 0 Å². The first-order valence-corrected chi connectivity index (χ1v) is 12.2. The van der Waals surface area contributed by atoms with Crippen molar-refractivity contribution in [2.75, 3.05) is 29.9 Å². The maximum absolute atomic E-state index is 11.5. The SMILES string of the molecule is CCOc1ccccc1O[C@@H]1CCCN(c2cncc(Nc3cc(CC(C)(C)C(=O)O)ccn3)n2)C1. The largest absolute Gasteiger partial charge is 0.490 e. The van der Waals surface area contributed by atoms with Crippen molar-refractivity contribution in [3.8, 4) is 11.5 Å². The van der Waals surface area contributed by atoms with Gasteiger partial charge in [-0.25, -0.2) is 9.97 Å². The van der Waals surface area contributed by atoms with Crippen LogP contribution in [-0.4, -0.2) is 51.8 Å². The number of carboxylic acids is 1. The molecule has 1 aromatic carbocycles. The highest BCUT2D eigenvalue weighted by molar-refractivity contribution is 5.74. The van der Waals surface area contributed by atoms with Crippen molar-refractivity contribution in [3.05, 3.63) is 60.6 Å². The van der Waals surface area contributed by atoms with Gasteiger partial charge in [0.1, 0.15) is 17.7 Å². The number of hydrogen-bond acceptors (Lipinski definition) is 8. The molecule has 3 aromatic rings. The van der Waals surface area contributed by atoms with Crippen molar-refractivity contribution in [2.45, 2.75) is 46.1 Å². The van der Waals surface area contributed by atoms with E-state index in [1.165, 1.54) is 0 Å². The molecule has 1 atom stereocenters. The van der Waals surface area contributed by atoms with Gasteiger partial charge in [-0.3, -0.25) is 9.78 Å². The fourth-order valence-corrected chi connectivity index (χ4v) is 4.18.